The molecule has 1 atom stereocenters. The first-order valence-electron chi connectivity index (χ1n) is 3.64. The number of carbonyl (C=O) groups excluding carboxylic acids is 1. The van der Waals surface area contributed by atoms with Crippen molar-refractivity contribution in [2.75, 3.05) is 6.61 Å². The SMILES string of the molecule is C=C(C)C(=O)OCC(C)C(O)O. The molecule has 0 aliphatic heterocycles. The summed E-state index contributed by atoms with van der Waals surface area (Å²) in [7, 11) is 0. The van der Waals surface area contributed by atoms with E-state index in [0.717, 1.165) is 0 Å². The Morgan fingerprint density at radius 2 is 2.08 bits per heavy atom. The molecule has 0 saturated heterocycles. The molecule has 0 saturated carbocycles. The molecule has 0 bridgehead atoms. The molecule has 12 heavy (non-hydrogen) atoms. The van der Waals surface area contributed by atoms with Crippen molar-refractivity contribution in [1.82, 2.24) is 0 Å². The van der Waals surface area contributed by atoms with Crippen molar-refractivity contribution in [2.24, 2.45) is 5.92 Å². The molecule has 0 aliphatic rings. The minimum absolute atomic E-state index is 0.0106. The van der Waals surface area contributed by atoms with E-state index in [9.17, 15) is 4.79 Å². The van der Waals surface area contributed by atoms with Crippen molar-refractivity contribution in [3.8, 4) is 0 Å². The second-order valence-electron chi connectivity index (χ2n) is 2.77. The van der Waals surface area contributed by atoms with E-state index in [1.807, 2.05) is 0 Å². The first kappa shape index (κ1) is 11.1. The number of hydrogen-bond acceptors (Lipinski definition) is 4. The van der Waals surface area contributed by atoms with Gasteiger partial charge in [0, 0.05) is 11.5 Å². The van der Waals surface area contributed by atoms with E-state index in [1.54, 1.807) is 6.92 Å². The van der Waals surface area contributed by atoms with Crippen molar-refractivity contribution in [3.05, 3.63) is 12.2 Å². The van der Waals surface area contributed by atoms with Crippen LogP contribution in [0.5, 0.6) is 0 Å². The van der Waals surface area contributed by atoms with Crippen LogP contribution >= 0.6 is 0 Å². The fraction of sp³-hybridized carbons (Fsp3) is 0.625. The van der Waals surface area contributed by atoms with Crippen molar-refractivity contribution in [3.63, 3.8) is 0 Å². The normalized spacial score (nSPS) is 12.8. The first-order chi connectivity index (χ1) is 5.45. The van der Waals surface area contributed by atoms with Gasteiger partial charge >= 0.3 is 5.97 Å². The average molecular weight is 174 g/mol. The van der Waals surface area contributed by atoms with E-state index in [-0.39, 0.29) is 6.61 Å². The van der Waals surface area contributed by atoms with E-state index in [4.69, 9.17) is 10.2 Å². The zero-order valence-electron chi connectivity index (χ0n) is 7.28. The van der Waals surface area contributed by atoms with Gasteiger partial charge in [0.2, 0.25) is 0 Å². The smallest absolute Gasteiger partial charge is 0.333 e. The van der Waals surface area contributed by atoms with E-state index in [0.29, 0.717) is 5.57 Å². The maximum absolute atomic E-state index is 10.8. The van der Waals surface area contributed by atoms with Crippen molar-refractivity contribution >= 4 is 5.97 Å². The van der Waals surface area contributed by atoms with Crippen LogP contribution in [0.3, 0.4) is 0 Å². The van der Waals surface area contributed by atoms with Crippen molar-refractivity contribution < 1.29 is 19.7 Å². The molecule has 0 rings (SSSR count). The Morgan fingerprint density at radius 1 is 1.58 bits per heavy atom. The van der Waals surface area contributed by atoms with Crippen LogP contribution < -0.4 is 0 Å². The van der Waals surface area contributed by atoms with Crippen LogP contribution in [-0.4, -0.2) is 29.1 Å². The van der Waals surface area contributed by atoms with Crippen LogP contribution in [0.2, 0.25) is 0 Å². The van der Waals surface area contributed by atoms with Crippen LogP contribution in [-0.2, 0) is 9.53 Å². The maximum Gasteiger partial charge on any atom is 0.333 e. The second-order valence-corrected chi connectivity index (χ2v) is 2.77. The van der Waals surface area contributed by atoms with Gasteiger partial charge in [-0.15, -0.1) is 0 Å². The molecule has 4 nitrogen and oxygen atoms in total. The Hall–Kier alpha value is -0.870. The molecule has 4 heteroatoms. The summed E-state index contributed by atoms with van der Waals surface area (Å²) >= 11 is 0. The van der Waals surface area contributed by atoms with Crippen molar-refractivity contribution in [1.29, 1.82) is 0 Å². The maximum atomic E-state index is 10.8. The third-order valence-electron chi connectivity index (χ3n) is 1.33. The highest BCUT2D eigenvalue weighted by molar-refractivity contribution is 5.86. The Bertz CT molecular complexity index is 174. The Balaban J connectivity index is 3.69. The third kappa shape index (κ3) is 4.10. The predicted molar refractivity (Wildman–Crippen MR) is 43.2 cm³/mol. The largest absolute Gasteiger partial charge is 0.462 e. The molecule has 2 N–H and O–H groups in total. The lowest BCUT2D eigenvalue weighted by Crippen LogP contribution is -2.23. The standard InChI is InChI=1S/C8H14O4/c1-5(2)8(11)12-4-6(3)7(9)10/h6-7,9-10H,1,4H2,2-3H3. The fourth-order valence-electron chi connectivity index (χ4n) is 0.416. The van der Waals surface area contributed by atoms with Gasteiger partial charge in [0.25, 0.3) is 0 Å². The summed E-state index contributed by atoms with van der Waals surface area (Å²) in [5.74, 6) is -0.990. The molecule has 0 aliphatic carbocycles. The molecule has 0 heterocycles. The summed E-state index contributed by atoms with van der Waals surface area (Å²) in [5.41, 5.74) is 0.301. The fourth-order valence-corrected chi connectivity index (χ4v) is 0.416. The summed E-state index contributed by atoms with van der Waals surface area (Å²) in [5, 5.41) is 17.2. The van der Waals surface area contributed by atoms with Gasteiger partial charge < -0.3 is 14.9 Å². The number of aliphatic hydroxyl groups is 2. The van der Waals surface area contributed by atoms with Crippen LogP contribution in [0.25, 0.3) is 0 Å². The van der Waals surface area contributed by atoms with Crippen LogP contribution in [0.4, 0.5) is 0 Å². The monoisotopic (exact) mass is 174 g/mol. The molecule has 0 aromatic heterocycles. The summed E-state index contributed by atoms with van der Waals surface area (Å²) in [6.07, 6.45) is -1.46. The summed E-state index contributed by atoms with van der Waals surface area (Å²) < 4.78 is 4.67. The van der Waals surface area contributed by atoms with E-state index < -0.39 is 18.2 Å². The second kappa shape index (κ2) is 4.90. The van der Waals surface area contributed by atoms with Gasteiger partial charge in [0.05, 0.1) is 6.61 Å². The Labute approximate surface area is 71.5 Å². The Morgan fingerprint density at radius 3 is 2.42 bits per heavy atom. The van der Waals surface area contributed by atoms with E-state index in [2.05, 4.69) is 11.3 Å². The van der Waals surface area contributed by atoms with Gasteiger partial charge in [0.1, 0.15) is 0 Å². The minimum Gasteiger partial charge on any atom is -0.462 e. The summed E-state index contributed by atoms with van der Waals surface area (Å²) in [6, 6.07) is 0. The lowest BCUT2D eigenvalue weighted by atomic mass is 10.2. The quantitative estimate of drug-likeness (QED) is 0.359. The highest BCUT2D eigenvalue weighted by Gasteiger charge is 2.13. The zero-order chi connectivity index (χ0) is 9.72. The van der Waals surface area contributed by atoms with Gasteiger partial charge in [-0.05, 0) is 6.92 Å². The minimum atomic E-state index is -1.46. The molecule has 0 fully saturated rings. The predicted octanol–water partition coefficient (Wildman–Crippen LogP) is 0.0525. The number of hydrogen-bond donors (Lipinski definition) is 2. The van der Waals surface area contributed by atoms with E-state index >= 15 is 0 Å². The highest BCUT2D eigenvalue weighted by atomic mass is 16.5. The topological polar surface area (TPSA) is 66.8 Å². The van der Waals surface area contributed by atoms with Crippen molar-refractivity contribution in [2.45, 2.75) is 20.1 Å². The summed E-state index contributed by atoms with van der Waals surface area (Å²) in [6.45, 7) is 6.46. The number of esters is 1. The zero-order valence-corrected chi connectivity index (χ0v) is 7.28. The molecule has 0 spiro atoms. The third-order valence-corrected chi connectivity index (χ3v) is 1.33. The van der Waals surface area contributed by atoms with Gasteiger partial charge in [0.15, 0.2) is 6.29 Å². The van der Waals surface area contributed by atoms with Crippen LogP contribution in [0, 0.1) is 5.92 Å². The number of aliphatic hydroxyl groups excluding tert-OH is 1. The number of carbonyl (C=O) groups is 1. The van der Waals surface area contributed by atoms with Gasteiger partial charge in [-0.2, -0.15) is 0 Å². The van der Waals surface area contributed by atoms with Gasteiger partial charge in [-0.3, -0.25) is 0 Å². The molecule has 1 unspecified atom stereocenters. The number of rotatable bonds is 4. The molecule has 0 aromatic carbocycles. The lowest BCUT2D eigenvalue weighted by molar-refractivity contribution is -0.146. The van der Waals surface area contributed by atoms with E-state index in [1.165, 1.54) is 6.92 Å². The van der Waals surface area contributed by atoms with Crippen LogP contribution in [0.1, 0.15) is 13.8 Å². The lowest BCUT2D eigenvalue weighted by Gasteiger charge is -2.13. The molecule has 70 valence electrons. The molecule has 0 radical (unpaired) electrons. The van der Waals surface area contributed by atoms with Gasteiger partial charge in [-0.1, -0.05) is 13.5 Å². The van der Waals surface area contributed by atoms with Gasteiger partial charge in [-0.25, -0.2) is 4.79 Å². The molecular formula is C8H14O4. The molecule has 0 aromatic rings. The first-order valence-corrected chi connectivity index (χ1v) is 3.64. The average Bonchev–Trinajstić information content (AvgIpc) is 1.98. The molecule has 0 amide bonds. The summed E-state index contributed by atoms with van der Waals surface area (Å²) in [4.78, 5) is 10.8. The highest BCUT2D eigenvalue weighted by Crippen LogP contribution is 2.02. The Kier molecular flexibility index (Phi) is 4.54. The van der Waals surface area contributed by atoms with Crippen LogP contribution in [0.15, 0.2) is 12.2 Å². The number of ether oxygens (including phenoxy) is 1. The molecular weight excluding hydrogens is 160 g/mol.